The quantitative estimate of drug-likeness (QED) is 0.795. The maximum atomic E-state index is 13.7. The van der Waals surface area contributed by atoms with Crippen LogP contribution in [-0.2, 0) is 12.8 Å². The molecule has 0 fully saturated rings. The highest BCUT2D eigenvalue weighted by atomic mass is 19.1. The number of benzene rings is 1. The van der Waals surface area contributed by atoms with Gasteiger partial charge in [0.05, 0.1) is 0 Å². The molecule has 0 saturated carbocycles. The van der Waals surface area contributed by atoms with E-state index in [4.69, 9.17) is 5.73 Å². The van der Waals surface area contributed by atoms with Crippen LogP contribution in [0.3, 0.4) is 0 Å². The molecule has 15 heavy (non-hydrogen) atoms. The Morgan fingerprint density at radius 3 is 2.87 bits per heavy atom. The van der Waals surface area contributed by atoms with Gasteiger partial charge in [-0.2, -0.15) is 0 Å². The summed E-state index contributed by atoms with van der Waals surface area (Å²) in [5.74, 6) is -0.160. The molecular weight excluding hydrogens is 191 g/mol. The van der Waals surface area contributed by atoms with Crippen molar-refractivity contribution in [3.05, 3.63) is 35.3 Å². The normalized spacial score (nSPS) is 11.1. The van der Waals surface area contributed by atoms with Crippen molar-refractivity contribution in [1.82, 2.24) is 4.98 Å². The number of nitrogens with two attached hydrogens (primary N) is 1. The van der Waals surface area contributed by atoms with E-state index in [-0.39, 0.29) is 5.82 Å². The molecule has 2 nitrogen and oxygen atoms in total. The van der Waals surface area contributed by atoms with E-state index in [9.17, 15) is 4.39 Å². The van der Waals surface area contributed by atoms with Crippen LogP contribution in [0.15, 0.2) is 18.2 Å². The first-order valence-electron chi connectivity index (χ1n) is 5.26. The third kappa shape index (κ3) is 1.63. The molecule has 0 bridgehead atoms. The Hall–Kier alpha value is -1.35. The van der Waals surface area contributed by atoms with Crippen molar-refractivity contribution in [3.63, 3.8) is 0 Å². The first-order valence-corrected chi connectivity index (χ1v) is 5.26. The second-order valence-corrected chi connectivity index (χ2v) is 3.64. The van der Waals surface area contributed by atoms with Gasteiger partial charge in [-0.05, 0) is 37.1 Å². The van der Waals surface area contributed by atoms with E-state index in [2.05, 4.69) is 11.9 Å². The number of rotatable bonds is 3. The molecule has 3 N–H and O–H groups in total. The van der Waals surface area contributed by atoms with Crippen molar-refractivity contribution in [2.45, 2.75) is 19.8 Å². The summed E-state index contributed by atoms with van der Waals surface area (Å²) >= 11 is 0. The van der Waals surface area contributed by atoms with E-state index >= 15 is 0 Å². The highest BCUT2D eigenvalue weighted by Gasteiger charge is 2.12. The number of hydrogen-bond donors (Lipinski definition) is 2. The summed E-state index contributed by atoms with van der Waals surface area (Å²) in [5.41, 5.74) is 8.55. The number of aromatic amines is 1. The van der Waals surface area contributed by atoms with E-state index in [0.717, 1.165) is 29.6 Å². The Kier molecular flexibility index (Phi) is 2.73. The van der Waals surface area contributed by atoms with Gasteiger partial charge in [0.25, 0.3) is 0 Å². The van der Waals surface area contributed by atoms with Crippen LogP contribution in [0.1, 0.15) is 18.2 Å². The Morgan fingerprint density at radius 1 is 1.40 bits per heavy atom. The van der Waals surface area contributed by atoms with Crippen molar-refractivity contribution in [2.24, 2.45) is 5.73 Å². The Balaban J connectivity index is 2.70. The molecule has 0 atom stereocenters. The van der Waals surface area contributed by atoms with Gasteiger partial charge in [0.1, 0.15) is 5.82 Å². The monoisotopic (exact) mass is 206 g/mol. The standard InChI is InChI=1S/C12H15FN2/c1-2-10-8(6-7-14)12-9(13)4-3-5-11(12)15-10/h3-5,15H,2,6-7,14H2,1H3. The van der Waals surface area contributed by atoms with Crippen LogP contribution in [0.25, 0.3) is 10.9 Å². The molecule has 80 valence electrons. The van der Waals surface area contributed by atoms with Gasteiger partial charge >= 0.3 is 0 Å². The molecule has 0 amide bonds. The van der Waals surface area contributed by atoms with Crippen LogP contribution in [0.4, 0.5) is 4.39 Å². The predicted molar refractivity (Wildman–Crippen MR) is 60.4 cm³/mol. The zero-order chi connectivity index (χ0) is 10.8. The van der Waals surface area contributed by atoms with Crippen LogP contribution < -0.4 is 5.73 Å². The topological polar surface area (TPSA) is 41.8 Å². The zero-order valence-corrected chi connectivity index (χ0v) is 8.81. The van der Waals surface area contributed by atoms with E-state index in [1.807, 2.05) is 6.07 Å². The molecule has 3 heteroatoms. The number of hydrogen-bond acceptors (Lipinski definition) is 1. The SMILES string of the molecule is CCc1[nH]c2cccc(F)c2c1CCN. The number of halogens is 1. The molecule has 0 spiro atoms. The van der Waals surface area contributed by atoms with E-state index < -0.39 is 0 Å². The number of aryl methyl sites for hydroxylation is 1. The van der Waals surface area contributed by atoms with Crippen molar-refractivity contribution in [2.75, 3.05) is 6.54 Å². The molecular formula is C12H15FN2. The van der Waals surface area contributed by atoms with Crippen LogP contribution in [-0.4, -0.2) is 11.5 Å². The highest BCUT2D eigenvalue weighted by molar-refractivity contribution is 5.85. The van der Waals surface area contributed by atoms with Crippen molar-refractivity contribution >= 4 is 10.9 Å². The molecule has 1 aromatic carbocycles. The summed E-state index contributed by atoms with van der Waals surface area (Å²) in [4.78, 5) is 3.24. The van der Waals surface area contributed by atoms with Gasteiger partial charge in [0, 0.05) is 16.6 Å². The minimum Gasteiger partial charge on any atom is -0.358 e. The highest BCUT2D eigenvalue weighted by Crippen LogP contribution is 2.25. The number of H-pyrrole nitrogens is 1. The maximum Gasteiger partial charge on any atom is 0.132 e. The first kappa shape index (κ1) is 10.2. The smallest absolute Gasteiger partial charge is 0.132 e. The summed E-state index contributed by atoms with van der Waals surface area (Å²) in [6.45, 7) is 2.61. The fourth-order valence-electron chi connectivity index (χ4n) is 2.05. The van der Waals surface area contributed by atoms with Gasteiger partial charge in [-0.25, -0.2) is 4.39 Å². The van der Waals surface area contributed by atoms with Crippen molar-refractivity contribution in [1.29, 1.82) is 0 Å². The largest absolute Gasteiger partial charge is 0.358 e. The molecule has 1 heterocycles. The minimum absolute atomic E-state index is 0.160. The molecule has 2 rings (SSSR count). The van der Waals surface area contributed by atoms with Gasteiger partial charge < -0.3 is 10.7 Å². The summed E-state index contributed by atoms with van der Waals surface area (Å²) in [6, 6.07) is 5.12. The molecule has 0 aliphatic rings. The average molecular weight is 206 g/mol. The summed E-state index contributed by atoms with van der Waals surface area (Å²) in [5, 5.41) is 0.708. The van der Waals surface area contributed by atoms with Crippen molar-refractivity contribution in [3.8, 4) is 0 Å². The molecule has 2 aromatic rings. The number of aromatic nitrogens is 1. The van der Waals surface area contributed by atoms with Crippen LogP contribution in [0.2, 0.25) is 0 Å². The van der Waals surface area contributed by atoms with Gasteiger partial charge in [0.2, 0.25) is 0 Å². The van der Waals surface area contributed by atoms with E-state index in [1.54, 1.807) is 6.07 Å². The third-order valence-electron chi connectivity index (χ3n) is 2.71. The third-order valence-corrected chi connectivity index (χ3v) is 2.71. The molecule has 0 aliphatic carbocycles. The lowest BCUT2D eigenvalue weighted by Gasteiger charge is -2.00. The molecule has 0 aliphatic heterocycles. The second kappa shape index (κ2) is 4.03. The second-order valence-electron chi connectivity index (χ2n) is 3.64. The lowest BCUT2D eigenvalue weighted by Crippen LogP contribution is -2.04. The van der Waals surface area contributed by atoms with Gasteiger partial charge in [-0.3, -0.25) is 0 Å². The number of fused-ring (bicyclic) bond motifs is 1. The minimum atomic E-state index is -0.160. The molecule has 0 radical (unpaired) electrons. The first-order chi connectivity index (χ1) is 7.27. The molecule has 0 saturated heterocycles. The zero-order valence-electron chi connectivity index (χ0n) is 8.81. The molecule has 1 aromatic heterocycles. The summed E-state index contributed by atoms with van der Waals surface area (Å²) < 4.78 is 13.7. The Morgan fingerprint density at radius 2 is 2.20 bits per heavy atom. The van der Waals surface area contributed by atoms with Gasteiger partial charge in [-0.15, -0.1) is 0 Å². The molecule has 0 unspecified atom stereocenters. The lowest BCUT2D eigenvalue weighted by atomic mass is 10.1. The predicted octanol–water partition coefficient (Wildman–Crippen LogP) is 2.37. The average Bonchev–Trinajstić information content (AvgIpc) is 2.58. The van der Waals surface area contributed by atoms with E-state index in [0.29, 0.717) is 11.9 Å². The van der Waals surface area contributed by atoms with Crippen LogP contribution in [0.5, 0.6) is 0 Å². The Labute approximate surface area is 88.3 Å². The number of nitrogens with one attached hydrogen (secondary N) is 1. The summed E-state index contributed by atoms with van der Waals surface area (Å²) in [7, 11) is 0. The van der Waals surface area contributed by atoms with Gasteiger partial charge in [0.15, 0.2) is 0 Å². The summed E-state index contributed by atoms with van der Waals surface area (Å²) in [6.07, 6.45) is 1.60. The van der Waals surface area contributed by atoms with Crippen molar-refractivity contribution < 1.29 is 4.39 Å². The van der Waals surface area contributed by atoms with E-state index in [1.165, 1.54) is 6.07 Å². The fraction of sp³-hybridized carbons (Fsp3) is 0.333. The van der Waals surface area contributed by atoms with Crippen LogP contribution >= 0.6 is 0 Å². The maximum absolute atomic E-state index is 13.7. The lowest BCUT2D eigenvalue weighted by molar-refractivity contribution is 0.639. The van der Waals surface area contributed by atoms with Gasteiger partial charge in [-0.1, -0.05) is 13.0 Å². The van der Waals surface area contributed by atoms with Crippen LogP contribution in [0, 0.1) is 5.82 Å². The Bertz CT molecular complexity index is 474. The fourth-order valence-corrected chi connectivity index (χ4v) is 2.05.